The molecule has 0 unspecified atom stereocenters. The van der Waals surface area contributed by atoms with Crippen molar-refractivity contribution in [1.29, 1.82) is 0 Å². The lowest BCUT2D eigenvalue weighted by atomic mass is 10.2. The predicted molar refractivity (Wildman–Crippen MR) is 85.0 cm³/mol. The van der Waals surface area contributed by atoms with Crippen molar-refractivity contribution in [2.45, 2.75) is 26.7 Å². The molecule has 0 atom stereocenters. The number of aryl methyl sites for hydroxylation is 1. The highest BCUT2D eigenvalue weighted by Crippen LogP contribution is 2.21. The molecule has 0 spiro atoms. The molecule has 0 aliphatic carbocycles. The van der Waals surface area contributed by atoms with Crippen LogP contribution in [0.1, 0.15) is 36.2 Å². The maximum Gasteiger partial charge on any atom is 0.337 e. The van der Waals surface area contributed by atoms with Gasteiger partial charge in [-0.2, -0.15) is 0 Å². The molecule has 6 heteroatoms. The van der Waals surface area contributed by atoms with Gasteiger partial charge in [0.25, 0.3) is 0 Å². The second kappa shape index (κ2) is 8.24. The summed E-state index contributed by atoms with van der Waals surface area (Å²) in [6, 6.07) is 6.51. The first kappa shape index (κ1) is 17.8. The molecule has 1 aromatic heterocycles. The first-order chi connectivity index (χ1) is 10.5. The van der Waals surface area contributed by atoms with Gasteiger partial charge in [-0.15, -0.1) is 0 Å². The molecule has 0 radical (unpaired) electrons. The number of hydrogen-bond donors (Lipinski definition) is 2. The van der Waals surface area contributed by atoms with Crippen molar-refractivity contribution in [3.8, 4) is 5.69 Å². The van der Waals surface area contributed by atoms with E-state index in [9.17, 15) is 9.59 Å². The second-order valence-corrected chi connectivity index (χ2v) is 4.70. The van der Waals surface area contributed by atoms with Crippen molar-refractivity contribution in [1.82, 2.24) is 4.57 Å². The van der Waals surface area contributed by atoms with E-state index in [0.717, 1.165) is 5.56 Å². The minimum atomic E-state index is -1.09. The van der Waals surface area contributed by atoms with Crippen LogP contribution in [0.25, 0.3) is 5.69 Å². The lowest BCUT2D eigenvalue weighted by molar-refractivity contribution is -0.136. The van der Waals surface area contributed by atoms with E-state index in [4.69, 9.17) is 21.8 Å². The van der Waals surface area contributed by atoms with Crippen LogP contribution in [-0.4, -0.2) is 26.7 Å². The van der Waals surface area contributed by atoms with Crippen LogP contribution < -0.4 is 0 Å². The van der Waals surface area contributed by atoms with Gasteiger partial charge in [-0.05, 0) is 36.2 Å². The number of halogens is 1. The molecule has 2 N–H and O–H groups in total. The molecule has 1 aromatic carbocycles. The number of hydrogen-bond acceptors (Lipinski definition) is 2. The fourth-order valence-electron chi connectivity index (χ4n) is 1.84. The third-order valence-electron chi connectivity index (χ3n) is 2.86. The van der Waals surface area contributed by atoms with Crippen LogP contribution in [0.2, 0.25) is 5.02 Å². The molecule has 118 valence electrons. The average molecular weight is 324 g/mol. The molecule has 0 saturated carbocycles. The summed E-state index contributed by atoms with van der Waals surface area (Å²) in [6.07, 6.45) is 4.02. The van der Waals surface area contributed by atoms with Crippen LogP contribution in [0.15, 0.2) is 36.7 Å². The van der Waals surface area contributed by atoms with E-state index in [0.29, 0.717) is 12.1 Å². The summed E-state index contributed by atoms with van der Waals surface area (Å²) < 4.78 is 1.74. The zero-order valence-corrected chi connectivity index (χ0v) is 13.2. The summed E-state index contributed by atoms with van der Waals surface area (Å²) in [5.74, 6) is -1.94. The Morgan fingerprint density at radius 3 is 2.45 bits per heavy atom. The highest BCUT2D eigenvalue weighted by molar-refractivity contribution is 6.33. The summed E-state index contributed by atoms with van der Waals surface area (Å²) in [5.41, 5.74) is 1.57. The topological polar surface area (TPSA) is 79.5 Å². The minimum absolute atomic E-state index is 0.0324. The summed E-state index contributed by atoms with van der Waals surface area (Å²) in [4.78, 5) is 21.5. The fraction of sp³-hybridized carbons (Fsp3) is 0.250. The molecule has 0 fully saturated rings. The van der Waals surface area contributed by atoms with E-state index in [1.807, 2.05) is 13.8 Å². The summed E-state index contributed by atoms with van der Waals surface area (Å²) in [7, 11) is 0. The highest BCUT2D eigenvalue weighted by atomic mass is 35.5. The molecule has 2 aromatic rings. The van der Waals surface area contributed by atoms with Gasteiger partial charge in [-0.3, -0.25) is 4.79 Å². The quantitative estimate of drug-likeness (QED) is 0.875. The Labute approximate surface area is 133 Å². The number of nitrogens with zero attached hydrogens (tertiary/aromatic N) is 1. The number of aromatic carboxylic acids is 1. The van der Waals surface area contributed by atoms with Gasteiger partial charge in [0.1, 0.15) is 0 Å². The van der Waals surface area contributed by atoms with Gasteiger partial charge < -0.3 is 14.8 Å². The molecule has 5 nitrogen and oxygen atoms in total. The van der Waals surface area contributed by atoms with Crippen molar-refractivity contribution in [3.05, 3.63) is 52.8 Å². The number of benzene rings is 1. The van der Waals surface area contributed by atoms with Crippen LogP contribution in [-0.2, 0) is 11.2 Å². The molecule has 0 aliphatic heterocycles. The first-order valence-electron chi connectivity index (χ1n) is 6.89. The number of rotatable bonds is 5. The summed E-state index contributed by atoms with van der Waals surface area (Å²) in [6.45, 7) is 4.00. The van der Waals surface area contributed by atoms with E-state index >= 15 is 0 Å². The molecular formula is C16H18ClNO4. The second-order valence-electron chi connectivity index (χ2n) is 4.29. The zero-order valence-electron chi connectivity index (χ0n) is 12.4. The normalized spacial score (nSPS) is 9.77. The van der Waals surface area contributed by atoms with Crippen molar-refractivity contribution in [2.24, 2.45) is 0 Å². The molecule has 0 aliphatic rings. The Bertz CT molecular complexity index is 664. The highest BCUT2D eigenvalue weighted by Gasteiger charge is 2.10. The Kier molecular flexibility index (Phi) is 6.66. The molecule has 0 amide bonds. The maximum absolute atomic E-state index is 11.0. The number of carboxylic acids is 2. The van der Waals surface area contributed by atoms with Gasteiger partial charge in [0.15, 0.2) is 0 Å². The van der Waals surface area contributed by atoms with Crippen LogP contribution in [0, 0.1) is 0 Å². The van der Waals surface area contributed by atoms with Gasteiger partial charge in [0.2, 0.25) is 0 Å². The molecule has 22 heavy (non-hydrogen) atoms. The number of aromatic nitrogens is 1. The third-order valence-corrected chi connectivity index (χ3v) is 3.19. The van der Waals surface area contributed by atoms with Crippen LogP contribution in [0.3, 0.4) is 0 Å². The number of carboxylic acid groups (broad SMARTS) is 2. The lowest BCUT2D eigenvalue weighted by Crippen LogP contribution is -2.00. The molecule has 0 saturated heterocycles. The van der Waals surface area contributed by atoms with Crippen LogP contribution >= 0.6 is 11.6 Å². The first-order valence-corrected chi connectivity index (χ1v) is 7.27. The molecule has 2 rings (SSSR count). The average Bonchev–Trinajstić information content (AvgIpc) is 2.96. The van der Waals surface area contributed by atoms with Crippen LogP contribution in [0.4, 0.5) is 0 Å². The fourth-order valence-corrected chi connectivity index (χ4v) is 2.04. The van der Waals surface area contributed by atoms with Crippen molar-refractivity contribution >= 4 is 23.5 Å². The third kappa shape index (κ3) is 4.63. The summed E-state index contributed by atoms with van der Waals surface area (Å²) >= 11 is 5.81. The maximum atomic E-state index is 11.0. The lowest BCUT2D eigenvalue weighted by Gasteiger charge is -2.05. The van der Waals surface area contributed by atoms with Gasteiger partial charge in [-0.1, -0.05) is 25.4 Å². The molecular weight excluding hydrogens is 306 g/mol. The van der Waals surface area contributed by atoms with Gasteiger partial charge in [-0.25, -0.2) is 4.79 Å². The van der Waals surface area contributed by atoms with Gasteiger partial charge in [0, 0.05) is 24.5 Å². The zero-order chi connectivity index (χ0) is 16.7. The minimum Gasteiger partial charge on any atom is -0.481 e. The SMILES string of the molecule is CC.O=C(O)CCc1ccn(-c2ccc(Cl)c(C(=O)O)c2)c1. The standard InChI is InChI=1S/C14H12ClNO4.C2H6/c15-12-3-2-10(7-11(12)14(19)20)16-6-5-9(8-16)1-4-13(17)18;1-2/h2-3,5-8H,1,4H2,(H,17,18)(H,19,20);1-2H3. The van der Waals surface area contributed by atoms with Crippen molar-refractivity contribution < 1.29 is 19.8 Å². The van der Waals surface area contributed by atoms with Gasteiger partial charge >= 0.3 is 11.9 Å². The van der Waals surface area contributed by atoms with E-state index in [2.05, 4.69) is 0 Å². The van der Waals surface area contributed by atoms with Gasteiger partial charge in [0.05, 0.1) is 10.6 Å². The van der Waals surface area contributed by atoms with Crippen molar-refractivity contribution in [3.63, 3.8) is 0 Å². The van der Waals surface area contributed by atoms with E-state index < -0.39 is 11.9 Å². The molecule has 0 bridgehead atoms. The predicted octanol–water partition coefficient (Wildman–Crippen LogP) is 3.87. The van der Waals surface area contributed by atoms with E-state index in [1.54, 1.807) is 29.1 Å². The van der Waals surface area contributed by atoms with E-state index in [1.165, 1.54) is 12.1 Å². The Hall–Kier alpha value is -2.27. The van der Waals surface area contributed by atoms with E-state index in [-0.39, 0.29) is 17.0 Å². The van der Waals surface area contributed by atoms with Crippen molar-refractivity contribution in [2.75, 3.05) is 0 Å². The smallest absolute Gasteiger partial charge is 0.337 e. The largest absolute Gasteiger partial charge is 0.481 e. The molecule has 1 heterocycles. The number of carbonyl (C=O) groups is 2. The van der Waals surface area contributed by atoms with Crippen LogP contribution in [0.5, 0.6) is 0 Å². The Morgan fingerprint density at radius 2 is 1.86 bits per heavy atom. The monoisotopic (exact) mass is 323 g/mol. The Balaban J connectivity index is 0.00000116. The number of aliphatic carboxylic acids is 1. The summed E-state index contributed by atoms with van der Waals surface area (Å²) in [5, 5.41) is 17.8. The Morgan fingerprint density at radius 1 is 1.18 bits per heavy atom.